The molecule has 2 nitrogen and oxygen atoms in total. The molecule has 0 amide bonds. The van der Waals surface area contributed by atoms with Crippen LogP contribution >= 0.6 is 27.3 Å². The third-order valence-corrected chi connectivity index (χ3v) is 4.26. The van der Waals surface area contributed by atoms with Gasteiger partial charge in [-0.2, -0.15) is 0 Å². The summed E-state index contributed by atoms with van der Waals surface area (Å²) < 4.78 is 6.14. The minimum absolute atomic E-state index is 0.257. The molecule has 0 saturated carbocycles. The van der Waals surface area contributed by atoms with Gasteiger partial charge in [-0.15, -0.1) is 11.3 Å². The Bertz CT molecular complexity index is 575. The molecule has 0 aliphatic rings. The van der Waals surface area contributed by atoms with E-state index < -0.39 is 0 Å². The first kappa shape index (κ1) is 13.3. The number of thiophene rings is 1. The van der Waals surface area contributed by atoms with Crippen molar-refractivity contribution in [1.82, 2.24) is 0 Å². The molecule has 2 aromatic rings. The van der Waals surface area contributed by atoms with Gasteiger partial charge in [0.2, 0.25) is 0 Å². The van der Waals surface area contributed by atoms with Crippen LogP contribution in [0.2, 0.25) is 0 Å². The minimum Gasteiger partial charge on any atom is -0.462 e. The first-order valence-corrected chi connectivity index (χ1v) is 7.26. The van der Waals surface area contributed by atoms with Crippen molar-refractivity contribution in [3.63, 3.8) is 0 Å². The molecule has 0 aliphatic heterocycles. The number of benzene rings is 1. The zero-order valence-corrected chi connectivity index (χ0v) is 12.6. The fraction of sp³-hybridized carbons (Fsp3) is 0.214. The van der Waals surface area contributed by atoms with Gasteiger partial charge in [-0.25, -0.2) is 4.79 Å². The van der Waals surface area contributed by atoms with E-state index in [1.807, 2.05) is 44.2 Å². The highest BCUT2D eigenvalue weighted by Gasteiger charge is 2.12. The number of carbonyl (C=O) groups is 1. The number of ether oxygens (including phenoxy) is 1. The Balaban J connectivity index is 2.40. The number of carbonyl (C=O) groups excluding carboxylic acids is 1. The Morgan fingerprint density at radius 2 is 2.11 bits per heavy atom. The fourth-order valence-corrected chi connectivity index (χ4v) is 3.06. The number of halogens is 1. The molecule has 4 heteroatoms. The number of hydrogen-bond acceptors (Lipinski definition) is 3. The summed E-state index contributed by atoms with van der Waals surface area (Å²) in [6.07, 6.45) is 0. The molecule has 0 radical (unpaired) electrons. The fourth-order valence-electron chi connectivity index (χ4n) is 1.67. The first-order valence-electron chi connectivity index (χ1n) is 5.65. The number of aryl methyl sites for hydroxylation is 1. The Labute approximate surface area is 119 Å². The normalized spacial score (nSPS) is 10.4. The maximum atomic E-state index is 11.8. The number of hydrogen-bond donors (Lipinski definition) is 0. The van der Waals surface area contributed by atoms with Crippen molar-refractivity contribution in [2.75, 3.05) is 6.61 Å². The van der Waals surface area contributed by atoms with E-state index >= 15 is 0 Å². The van der Waals surface area contributed by atoms with Crippen LogP contribution in [0.3, 0.4) is 0 Å². The predicted octanol–water partition coefficient (Wildman–Crippen LogP) is 4.66. The second-order valence-corrected chi connectivity index (χ2v) is 6.32. The van der Waals surface area contributed by atoms with E-state index in [0.29, 0.717) is 12.2 Å². The lowest BCUT2D eigenvalue weighted by molar-refractivity contribution is 0.0525. The lowest BCUT2D eigenvalue weighted by Gasteiger charge is -2.07. The standard InChI is InChI=1S/C14H13BrO2S/c1-3-17-14(16)11-8-10(5-4-9(11)2)12-6-7-13(15)18-12/h4-8H,3H2,1-2H3. The van der Waals surface area contributed by atoms with Gasteiger partial charge in [0.05, 0.1) is 16.0 Å². The van der Waals surface area contributed by atoms with Crippen molar-refractivity contribution in [3.05, 3.63) is 45.2 Å². The van der Waals surface area contributed by atoms with Crippen LogP contribution in [-0.4, -0.2) is 12.6 Å². The van der Waals surface area contributed by atoms with Gasteiger partial charge in [-0.05, 0) is 59.1 Å². The quantitative estimate of drug-likeness (QED) is 0.767. The lowest BCUT2D eigenvalue weighted by atomic mass is 10.0. The Morgan fingerprint density at radius 3 is 2.72 bits per heavy atom. The average molecular weight is 325 g/mol. The van der Waals surface area contributed by atoms with Crippen molar-refractivity contribution in [3.8, 4) is 10.4 Å². The van der Waals surface area contributed by atoms with Gasteiger partial charge in [0, 0.05) is 4.88 Å². The monoisotopic (exact) mass is 324 g/mol. The maximum Gasteiger partial charge on any atom is 0.338 e. The zero-order valence-electron chi connectivity index (χ0n) is 10.2. The van der Waals surface area contributed by atoms with Crippen LogP contribution in [0.4, 0.5) is 0 Å². The van der Waals surface area contributed by atoms with Crippen molar-refractivity contribution in [2.45, 2.75) is 13.8 Å². The minimum atomic E-state index is -0.257. The van der Waals surface area contributed by atoms with Crippen molar-refractivity contribution in [2.24, 2.45) is 0 Å². The van der Waals surface area contributed by atoms with Crippen molar-refractivity contribution >= 4 is 33.2 Å². The Hall–Kier alpha value is -1.13. The van der Waals surface area contributed by atoms with E-state index in [9.17, 15) is 4.79 Å². The molecule has 1 aromatic carbocycles. The molecule has 0 N–H and O–H groups in total. The van der Waals surface area contributed by atoms with E-state index in [-0.39, 0.29) is 5.97 Å². The van der Waals surface area contributed by atoms with Crippen LogP contribution in [0.25, 0.3) is 10.4 Å². The van der Waals surface area contributed by atoms with E-state index in [0.717, 1.165) is 19.8 Å². The van der Waals surface area contributed by atoms with Crippen LogP contribution in [0.5, 0.6) is 0 Å². The smallest absolute Gasteiger partial charge is 0.338 e. The highest BCUT2D eigenvalue weighted by molar-refractivity contribution is 9.11. The summed E-state index contributed by atoms with van der Waals surface area (Å²) in [4.78, 5) is 13.0. The van der Waals surface area contributed by atoms with E-state index in [4.69, 9.17) is 4.74 Å². The van der Waals surface area contributed by atoms with Crippen LogP contribution in [0, 0.1) is 6.92 Å². The third-order valence-electron chi connectivity index (χ3n) is 2.59. The number of esters is 1. The average Bonchev–Trinajstić information content (AvgIpc) is 2.77. The highest BCUT2D eigenvalue weighted by atomic mass is 79.9. The summed E-state index contributed by atoms with van der Waals surface area (Å²) in [5.41, 5.74) is 2.62. The van der Waals surface area contributed by atoms with Crippen LogP contribution < -0.4 is 0 Å². The van der Waals surface area contributed by atoms with Crippen molar-refractivity contribution in [1.29, 1.82) is 0 Å². The molecule has 0 bridgehead atoms. The molecule has 0 saturated heterocycles. The lowest BCUT2D eigenvalue weighted by Crippen LogP contribution is -2.06. The van der Waals surface area contributed by atoms with Gasteiger partial charge in [0.25, 0.3) is 0 Å². The SMILES string of the molecule is CCOC(=O)c1cc(-c2ccc(Br)s2)ccc1C. The second-order valence-electron chi connectivity index (χ2n) is 3.85. The molecule has 0 aliphatic carbocycles. The molecule has 1 heterocycles. The summed E-state index contributed by atoms with van der Waals surface area (Å²) in [5.74, 6) is -0.257. The van der Waals surface area contributed by atoms with Crippen molar-refractivity contribution < 1.29 is 9.53 Å². The molecule has 0 fully saturated rings. The first-order chi connectivity index (χ1) is 8.61. The summed E-state index contributed by atoms with van der Waals surface area (Å²) in [6, 6.07) is 9.91. The summed E-state index contributed by atoms with van der Waals surface area (Å²) >= 11 is 5.09. The van der Waals surface area contributed by atoms with Gasteiger partial charge < -0.3 is 4.74 Å². The molecule has 1 aromatic heterocycles. The Morgan fingerprint density at radius 1 is 1.33 bits per heavy atom. The predicted molar refractivity (Wildman–Crippen MR) is 78.1 cm³/mol. The van der Waals surface area contributed by atoms with E-state index in [1.165, 1.54) is 0 Å². The molecule has 0 spiro atoms. The molecular formula is C14H13BrO2S. The second kappa shape index (κ2) is 5.67. The molecule has 0 atom stereocenters. The molecular weight excluding hydrogens is 312 g/mol. The van der Waals surface area contributed by atoms with E-state index in [2.05, 4.69) is 15.9 Å². The summed E-state index contributed by atoms with van der Waals surface area (Å²) in [6.45, 7) is 4.13. The van der Waals surface area contributed by atoms with E-state index in [1.54, 1.807) is 11.3 Å². The zero-order chi connectivity index (χ0) is 13.1. The van der Waals surface area contributed by atoms with Gasteiger partial charge in [-0.1, -0.05) is 12.1 Å². The third kappa shape index (κ3) is 2.82. The highest BCUT2D eigenvalue weighted by Crippen LogP contribution is 2.32. The van der Waals surface area contributed by atoms with Crippen LogP contribution in [0.1, 0.15) is 22.8 Å². The van der Waals surface area contributed by atoms with Crippen LogP contribution in [-0.2, 0) is 4.74 Å². The molecule has 2 rings (SSSR count). The largest absolute Gasteiger partial charge is 0.462 e. The maximum absolute atomic E-state index is 11.8. The molecule has 0 unspecified atom stereocenters. The van der Waals surface area contributed by atoms with Gasteiger partial charge >= 0.3 is 5.97 Å². The van der Waals surface area contributed by atoms with Gasteiger partial charge in [-0.3, -0.25) is 0 Å². The molecule has 18 heavy (non-hydrogen) atoms. The summed E-state index contributed by atoms with van der Waals surface area (Å²) in [5, 5.41) is 0. The van der Waals surface area contributed by atoms with Crippen LogP contribution in [0.15, 0.2) is 34.1 Å². The summed E-state index contributed by atoms with van der Waals surface area (Å²) in [7, 11) is 0. The molecule has 94 valence electrons. The Kier molecular flexibility index (Phi) is 4.19. The number of rotatable bonds is 3. The topological polar surface area (TPSA) is 26.3 Å². The van der Waals surface area contributed by atoms with Gasteiger partial charge in [0.1, 0.15) is 0 Å². The van der Waals surface area contributed by atoms with Gasteiger partial charge in [0.15, 0.2) is 0 Å².